The fraction of sp³-hybridized carbons (Fsp3) is 0.296. The van der Waals surface area contributed by atoms with Crippen molar-refractivity contribution in [3.63, 3.8) is 0 Å². The van der Waals surface area contributed by atoms with Gasteiger partial charge in [-0.1, -0.05) is 19.1 Å². The maximum absolute atomic E-state index is 11.8. The molecule has 0 bridgehead atoms. The third-order valence-corrected chi connectivity index (χ3v) is 7.16. The Bertz CT molecular complexity index is 1400. The van der Waals surface area contributed by atoms with Crippen LogP contribution in [0.1, 0.15) is 18.2 Å². The van der Waals surface area contributed by atoms with E-state index in [1.165, 1.54) is 0 Å². The number of carbonyl (C=O) groups excluding carboxylic acids is 1. The fourth-order valence-electron chi connectivity index (χ4n) is 5.09. The van der Waals surface area contributed by atoms with Crippen LogP contribution < -0.4 is 15.5 Å². The Labute approximate surface area is 204 Å². The Hall–Kier alpha value is -3.91. The van der Waals surface area contributed by atoms with Crippen LogP contribution in [0.3, 0.4) is 0 Å². The van der Waals surface area contributed by atoms with Crippen LogP contribution in [0.2, 0.25) is 0 Å². The van der Waals surface area contributed by atoms with Crippen LogP contribution in [0, 0.1) is 6.92 Å². The summed E-state index contributed by atoms with van der Waals surface area (Å²) >= 11 is 0. The molecule has 1 amide bonds. The van der Waals surface area contributed by atoms with Crippen LogP contribution in [-0.2, 0) is 11.2 Å². The van der Waals surface area contributed by atoms with Crippen LogP contribution >= 0.6 is 0 Å². The lowest BCUT2D eigenvalue weighted by Crippen LogP contribution is -2.46. The molecule has 6 rings (SSSR count). The van der Waals surface area contributed by atoms with Gasteiger partial charge in [-0.2, -0.15) is 0 Å². The number of benzene rings is 1. The van der Waals surface area contributed by atoms with Gasteiger partial charge in [-0.05, 0) is 48.9 Å². The second kappa shape index (κ2) is 8.70. The first-order chi connectivity index (χ1) is 17.1. The molecule has 35 heavy (non-hydrogen) atoms. The third kappa shape index (κ3) is 4.00. The standard InChI is InChI=1S/C27H29N7O/c1-3-32-10-12-33(13-11-32)21-6-7-25(29-17-21)30-24-16-22(18(2)34-9-8-28-27(24)34)19-4-5-20-15-26(35)31-23(20)14-19/h4-9,14,16-17H,3,10-13,15H2,1-2H3,(H,29,30)(H,31,35). The highest BCUT2D eigenvalue weighted by Gasteiger charge is 2.20. The Morgan fingerprint density at radius 1 is 1.06 bits per heavy atom. The van der Waals surface area contributed by atoms with E-state index < -0.39 is 0 Å². The Balaban J connectivity index is 1.29. The lowest BCUT2D eigenvalue weighted by Gasteiger charge is -2.35. The molecule has 0 unspecified atom stereocenters. The number of nitrogens with zero attached hydrogens (tertiary/aromatic N) is 5. The normalized spacial score (nSPS) is 15.9. The lowest BCUT2D eigenvalue weighted by atomic mass is 10.0. The number of aromatic nitrogens is 3. The molecule has 0 aliphatic carbocycles. The van der Waals surface area contributed by atoms with Gasteiger partial charge in [0.15, 0.2) is 5.65 Å². The first-order valence-corrected chi connectivity index (χ1v) is 12.2. The fourth-order valence-corrected chi connectivity index (χ4v) is 5.09. The van der Waals surface area contributed by atoms with Crippen molar-refractivity contribution in [1.82, 2.24) is 19.3 Å². The monoisotopic (exact) mass is 467 g/mol. The number of imidazole rings is 1. The maximum atomic E-state index is 11.8. The minimum atomic E-state index is 0.0445. The molecule has 2 aliphatic heterocycles. The summed E-state index contributed by atoms with van der Waals surface area (Å²) in [4.78, 5) is 26.0. The van der Waals surface area contributed by atoms with Crippen LogP contribution in [0.4, 0.5) is 22.9 Å². The van der Waals surface area contributed by atoms with Crippen molar-refractivity contribution in [3.8, 4) is 11.1 Å². The van der Waals surface area contributed by atoms with Crippen molar-refractivity contribution in [1.29, 1.82) is 0 Å². The van der Waals surface area contributed by atoms with E-state index in [1.807, 2.05) is 30.7 Å². The predicted molar refractivity (Wildman–Crippen MR) is 140 cm³/mol. The number of anilines is 4. The number of piperazine rings is 1. The minimum Gasteiger partial charge on any atom is -0.368 e. The number of likely N-dealkylation sites (N-methyl/N-ethyl adjacent to an activating group) is 1. The number of aryl methyl sites for hydroxylation is 1. The quantitative estimate of drug-likeness (QED) is 0.461. The largest absolute Gasteiger partial charge is 0.368 e. The number of pyridine rings is 2. The second-order valence-electron chi connectivity index (χ2n) is 9.22. The van der Waals surface area contributed by atoms with Gasteiger partial charge in [-0.25, -0.2) is 9.97 Å². The van der Waals surface area contributed by atoms with Gasteiger partial charge in [-0.15, -0.1) is 0 Å². The lowest BCUT2D eigenvalue weighted by molar-refractivity contribution is -0.115. The summed E-state index contributed by atoms with van der Waals surface area (Å²) in [6.07, 6.45) is 6.18. The summed E-state index contributed by atoms with van der Waals surface area (Å²) in [5, 5.41) is 6.45. The Kier molecular flexibility index (Phi) is 5.37. The van der Waals surface area contributed by atoms with Gasteiger partial charge in [0.1, 0.15) is 5.82 Å². The molecule has 1 saturated heterocycles. The van der Waals surface area contributed by atoms with Crippen LogP contribution in [-0.4, -0.2) is 57.9 Å². The van der Waals surface area contributed by atoms with Gasteiger partial charge < -0.3 is 24.8 Å². The van der Waals surface area contributed by atoms with Crippen molar-refractivity contribution in [2.24, 2.45) is 0 Å². The topological polar surface area (TPSA) is 77.8 Å². The molecule has 2 N–H and O–H groups in total. The zero-order valence-electron chi connectivity index (χ0n) is 20.1. The van der Waals surface area contributed by atoms with Gasteiger partial charge in [-0.3, -0.25) is 4.79 Å². The number of rotatable bonds is 5. The van der Waals surface area contributed by atoms with Crippen LogP contribution in [0.5, 0.6) is 0 Å². The maximum Gasteiger partial charge on any atom is 0.228 e. The van der Waals surface area contributed by atoms with E-state index in [4.69, 9.17) is 4.98 Å². The average Bonchev–Trinajstić information content (AvgIpc) is 3.52. The zero-order valence-corrected chi connectivity index (χ0v) is 20.1. The average molecular weight is 468 g/mol. The molecule has 3 aromatic heterocycles. The molecule has 178 valence electrons. The summed E-state index contributed by atoms with van der Waals surface area (Å²) < 4.78 is 2.09. The van der Waals surface area contributed by atoms with E-state index in [1.54, 1.807) is 0 Å². The molecule has 2 aliphatic rings. The first kappa shape index (κ1) is 21.6. The van der Waals surface area contributed by atoms with Crippen LogP contribution in [0.15, 0.2) is 55.0 Å². The molecule has 1 aromatic carbocycles. The van der Waals surface area contributed by atoms with Crippen molar-refractivity contribution in [2.45, 2.75) is 20.3 Å². The van der Waals surface area contributed by atoms with E-state index in [-0.39, 0.29) is 5.91 Å². The zero-order chi connectivity index (χ0) is 23.9. The summed E-state index contributed by atoms with van der Waals surface area (Å²) in [6.45, 7) is 9.65. The van der Waals surface area contributed by atoms with E-state index in [0.717, 1.165) is 83.6 Å². The summed E-state index contributed by atoms with van der Waals surface area (Å²) in [5.74, 6) is 0.824. The molecule has 0 spiro atoms. The van der Waals surface area contributed by atoms with E-state index in [9.17, 15) is 4.79 Å². The summed E-state index contributed by atoms with van der Waals surface area (Å²) in [7, 11) is 0. The minimum absolute atomic E-state index is 0.0445. The number of amides is 1. The van der Waals surface area contributed by atoms with Gasteiger partial charge in [0.05, 0.1) is 24.0 Å². The van der Waals surface area contributed by atoms with Gasteiger partial charge >= 0.3 is 0 Å². The number of nitrogens with one attached hydrogen (secondary N) is 2. The SMILES string of the molecule is CCN1CCN(c2ccc(Nc3cc(-c4ccc5c(c4)NC(=O)C5)c(C)n4ccnc34)nc2)CC1. The molecule has 4 aromatic rings. The van der Waals surface area contributed by atoms with Crippen molar-refractivity contribution in [3.05, 3.63) is 66.2 Å². The molecule has 0 radical (unpaired) electrons. The summed E-state index contributed by atoms with van der Waals surface area (Å²) in [5.41, 5.74) is 8.04. The molecule has 5 heterocycles. The summed E-state index contributed by atoms with van der Waals surface area (Å²) in [6, 6.07) is 12.5. The smallest absolute Gasteiger partial charge is 0.228 e. The van der Waals surface area contributed by atoms with Gasteiger partial charge in [0.25, 0.3) is 0 Å². The number of hydrogen-bond acceptors (Lipinski definition) is 6. The van der Waals surface area contributed by atoms with Crippen LogP contribution in [0.25, 0.3) is 16.8 Å². The highest BCUT2D eigenvalue weighted by atomic mass is 16.1. The van der Waals surface area contributed by atoms with Crippen molar-refractivity contribution >= 4 is 34.4 Å². The number of hydrogen-bond donors (Lipinski definition) is 2. The number of fused-ring (bicyclic) bond motifs is 2. The molecule has 1 fully saturated rings. The van der Waals surface area contributed by atoms with Crippen molar-refractivity contribution < 1.29 is 4.79 Å². The molecule has 8 heteroatoms. The van der Waals surface area contributed by atoms with E-state index in [2.05, 4.69) is 67.9 Å². The van der Waals surface area contributed by atoms with E-state index in [0.29, 0.717) is 6.42 Å². The molecule has 8 nitrogen and oxygen atoms in total. The number of carbonyl (C=O) groups is 1. The molecule has 0 atom stereocenters. The van der Waals surface area contributed by atoms with E-state index >= 15 is 0 Å². The van der Waals surface area contributed by atoms with Gasteiger partial charge in [0.2, 0.25) is 5.91 Å². The highest BCUT2D eigenvalue weighted by Crippen LogP contribution is 2.34. The predicted octanol–water partition coefficient (Wildman–Crippen LogP) is 4.08. The molecular formula is C27H29N7O. The first-order valence-electron chi connectivity index (χ1n) is 12.2. The molecular weight excluding hydrogens is 438 g/mol. The molecule has 0 saturated carbocycles. The van der Waals surface area contributed by atoms with Gasteiger partial charge in [0, 0.05) is 55.5 Å². The Morgan fingerprint density at radius 2 is 1.91 bits per heavy atom. The highest BCUT2D eigenvalue weighted by molar-refractivity contribution is 6.00. The third-order valence-electron chi connectivity index (χ3n) is 7.16. The Morgan fingerprint density at radius 3 is 2.69 bits per heavy atom. The van der Waals surface area contributed by atoms with Crippen molar-refractivity contribution in [2.75, 3.05) is 48.3 Å². The second-order valence-corrected chi connectivity index (χ2v) is 9.22.